The maximum Gasteiger partial charge on any atom is 0.162 e. The number of nitrogens with zero attached hydrogens (tertiary/aromatic N) is 1. The summed E-state index contributed by atoms with van der Waals surface area (Å²) in [5.74, 6) is 0.547. The minimum Gasteiger partial charge on any atom is -0.512 e. The van der Waals surface area contributed by atoms with Gasteiger partial charge in [0.15, 0.2) is 5.78 Å². The number of furan rings is 1. The van der Waals surface area contributed by atoms with E-state index in [4.69, 9.17) is 9.40 Å². The van der Waals surface area contributed by atoms with E-state index in [1.807, 2.05) is 33.9 Å². The number of allylic oxidation sites excluding steroid dienone is 2. The monoisotopic (exact) mass is 815 g/mol. The van der Waals surface area contributed by atoms with Crippen LogP contribution < -0.4 is 0 Å². The first-order chi connectivity index (χ1) is 21.4. The van der Waals surface area contributed by atoms with Crippen molar-refractivity contribution >= 4 is 27.7 Å². The average Bonchev–Trinajstić information content (AvgIpc) is 3.33. The number of hydrogen-bond acceptors (Lipinski definition) is 4. The fourth-order valence-electron chi connectivity index (χ4n) is 6.94. The number of aliphatic hydroxyl groups excluding tert-OH is 1. The van der Waals surface area contributed by atoms with E-state index in [-0.39, 0.29) is 59.7 Å². The zero-order chi connectivity index (χ0) is 34.4. The van der Waals surface area contributed by atoms with E-state index < -0.39 is 0 Å². The first-order valence-corrected chi connectivity index (χ1v) is 17.3. The van der Waals surface area contributed by atoms with E-state index in [0.717, 1.165) is 48.1 Å². The number of aryl methyl sites for hydroxylation is 1. The summed E-state index contributed by atoms with van der Waals surface area (Å²) in [4.78, 5) is 16.7. The molecule has 0 unspecified atom stereocenters. The van der Waals surface area contributed by atoms with Gasteiger partial charge >= 0.3 is 0 Å². The summed E-state index contributed by atoms with van der Waals surface area (Å²) in [6.45, 7) is 28.3. The molecule has 1 radical (unpaired) electrons. The van der Waals surface area contributed by atoms with Crippen LogP contribution in [-0.4, -0.2) is 15.9 Å². The molecule has 0 amide bonds. The Labute approximate surface area is 297 Å². The summed E-state index contributed by atoms with van der Waals surface area (Å²) in [6, 6.07) is 12.7. The third-order valence-corrected chi connectivity index (χ3v) is 10.0. The summed E-state index contributed by atoms with van der Waals surface area (Å²) in [5, 5.41) is 12.2. The summed E-state index contributed by atoms with van der Waals surface area (Å²) < 4.78 is 6.81. The molecule has 1 aliphatic carbocycles. The fraction of sp³-hybridized carbons (Fsp3) is 0.524. The second-order valence-electron chi connectivity index (χ2n) is 15.8. The van der Waals surface area contributed by atoms with Gasteiger partial charge in [-0.3, -0.25) is 4.79 Å². The number of carbonyl (C=O) groups is 1. The van der Waals surface area contributed by atoms with Gasteiger partial charge in [-0.05, 0) is 71.2 Å². The zero-order valence-corrected chi connectivity index (χ0v) is 33.4. The van der Waals surface area contributed by atoms with E-state index in [2.05, 4.69) is 92.6 Å². The van der Waals surface area contributed by atoms with Crippen LogP contribution in [0.25, 0.3) is 33.2 Å². The largest absolute Gasteiger partial charge is 0.512 e. The van der Waals surface area contributed by atoms with E-state index in [1.54, 1.807) is 0 Å². The number of ketones is 1. The van der Waals surface area contributed by atoms with E-state index in [1.165, 1.54) is 44.7 Å². The molecule has 0 atom stereocenters. The molecular formula is C42H56IrNO3-. The number of rotatable bonds is 7. The van der Waals surface area contributed by atoms with Gasteiger partial charge in [-0.1, -0.05) is 118 Å². The molecule has 1 aliphatic rings. The normalized spacial score (nSPS) is 14.2. The fourth-order valence-corrected chi connectivity index (χ4v) is 6.94. The topological polar surface area (TPSA) is 63.3 Å². The summed E-state index contributed by atoms with van der Waals surface area (Å²) in [7, 11) is 0. The Bertz CT molecular complexity index is 1770. The van der Waals surface area contributed by atoms with Gasteiger partial charge in [-0.15, -0.1) is 17.7 Å². The number of fused-ring (bicyclic) bond motifs is 2. The molecule has 2 aromatic heterocycles. The molecule has 0 bridgehead atoms. The quantitative estimate of drug-likeness (QED) is 0.115. The molecule has 0 fully saturated rings. The third-order valence-electron chi connectivity index (χ3n) is 10.0. The molecule has 257 valence electrons. The molecular weight excluding hydrogens is 759 g/mol. The van der Waals surface area contributed by atoms with Gasteiger partial charge in [0.05, 0.1) is 11.3 Å². The first-order valence-electron chi connectivity index (χ1n) is 17.3. The predicted molar refractivity (Wildman–Crippen MR) is 194 cm³/mol. The van der Waals surface area contributed by atoms with E-state index in [0.29, 0.717) is 0 Å². The van der Waals surface area contributed by atoms with Crippen molar-refractivity contribution in [3.8, 4) is 11.3 Å². The third kappa shape index (κ3) is 7.32. The number of carbonyl (C=O) groups excluding carboxylic acids is 1. The Morgan fingerprint density at radius 3 is 1.98 bits per heavy atom. The molecule has 0 saturated carbocycles. The van der Waals surface area contributed by atoms with E-state index >= 15 is 0 Å². The van der Waals surface area contributed by atoms with Gasteiger partial charge < -0.3 is 14.5 Å². The van der Waals surface area contributed by atoms with Gasteiger partial charge in [0.25, 0.3) is 0 Å². The zero-order valence-electron chi connectivity index (χ0n) is 31.0. The smallest absolute Gasteiger partial charge is 0.162 e. The van der Waals surface area contributed by atoms with Crippen LogP contribution in [0.1, 0.15) is 137 Å². The molecule has 0 aliphatic heterocycles. The number of pyridine rings is 1. The molecule has 5 heteroatoms. The maximum absolute atomic E-state index is 11.7. The van der Waals surface area contributed by atoms with Crippen LogP contribution in [-0.2, 0) is 41.1 Å². The van der Waals surface area contributed by atoms with Crippen molar-refractivity contribution in [3.63, 3.8) is 0 Å². The van der Waals surface area contributed by atoms with Gasteiger partial charge in [-0.2, -0.15) is 0 Å². The second-order valence-corrected chi connectivity index (χ2v) is 15.8. The van der Waals surface area contributed by atoms with Crippen molar-refractivity contribution in [3.05, 3.63) is 76.2 Å². The van der Waals surface area contributed by atoms with Crippen LogP contribution in [0.5, 0.6) is 0 Å². The Balaban J connectivity index is 0.000000322. The maximum atomic E-state index is 11.7. The number of aromatic nitrogens is 1. The molecule has 5 rings (SSSR count). The van der Waals surface area contributed by atoms with Crippen molar-refractivity contribution in [1.29, 1.82) is 0 Å². The minimum atomic E-state index is -0.200. The molecule has 2 heterocycles. The molecule has 0 spiro atoms. The van der Waals surface area contributed by atoms with Gasteiger partial charge in [0.1, 0.15) is 5.58 Å². The predicted octanol–water partition coefficient (Wildman–Crippen LogP) is 11.9. The molecule has 4 aromatic rings. The van der Waals surface area contributed by atoms with Gasteiger partial charge in [0, 0.05) is 49.6 Å². The molecule has 4 nitrogen and oxygen atoms in total. The Morgan fingerprint density at radius 1 is 0.894 bits per heavy atom. The number of benzene rings is 2. The number of aliphatic hydroxyl groups is 1. The van der Waals surface area contributed by atoms with Crippen LogP contribution in [0.4, 0.5) is 0 Å². The van der Waals surface area contributed by atoms with Crippen LogP contribution >= 0.6 is 0 Å². The number of hydrogen-bond donors (Lipinski definition) is 1. The first kappa shape index (κ1) is 38.7. The standard InChI is InChI=1S/C29H32NO.C13H24O2.Ir/c1-16-14-21-24(30-15-16)17-10-11-19(27(2,3)4)25-22(17)23-18(29(21,8)9)12-13-20(26(23)31-25)28(5,6)7;1-5-10(6-2)12(14)9-13(15)11(7-3)8-4;/h11-15H,1-9H3;9-11,14H,5-8H2,1-4H3;/q-1;;/b;12-9-;. The molecule has 47 heavy (non-hydrogen) atoms. The Morgan fingerprint density at radius 2 is 1.45 bits per heavy atom. The summed E-state index contributed by atoms with van der Waals surface area (Å²) in [6.07, 6.45) is 6.88. The van der Waals surface area contributed by atoms with Crippen molar-refractivity contribution in [1.82, 2.24) is 4.98 Å². The average molecular weight is 815 g/mol. The summed E-state index contributed by atoms with van der Waals surface area (Å²) >= 11 is 0. The van der Waals surface area contributed by atoms with Crippen LogP contribution in [0.15, 0.2) is 46.7 Å². The van der Waals surface area contributed by atoms with E-state index in [9.17, 15) is 9.90 Å². The van der Waals surface area contributed by atoms with Crippen LogP contribution in [0, 0.1) is 24.8 Å². The van der Waals surface area contributed by atoms with Crippen LogP contribution in [0.3, 0.4) is 0 Å². The second kappa shape index (κ2) is 14.4. The Hall–Kier alpha value is -2.75. The van der Waals surface area contributed by atoms with Gasteiger partial charge in [0.2, 0.25) is 0 Å². The summed E-state index contributed by atoms with van der Waals surface area (Å²) in [5.41, 5.74) is 10.0. The molecule has 2 aromatic carbocycles. The van der Waals surface area contributed by atoms with Crippen molar-refractivity contribution in [2.24, 2.45) is 11.8 Å². The molecule has 0 saturated heterocycles. The minimum absolute atomic E-state index is 0. The molecule has 1 N–H and O–H groups in total. The van der Waals surface area contributed by atoms with Crippen molar-refractivity contribution in [2.75, 3.05) is 0 Å². The Kier molecular flexibility index (Phi) is 11.8. The van der Waals surface area contributed by atoms with Gasteiger partial charge in [-0.25, -0.2) is 0 Å². The van der Waals surface area contributed by atoms with Crippen molar-refractivity contribution in [2.45, 2.75) is 132 Å². The van der Waals surface area contributed by atoms with Crippen LogP contribution in [0.2, 0.25) is 0 Å². The van der Waals surface area contributed by atoms with Crippen molar-refractivity contribution < 1.29 is 34.4 Å². The SMILES string of the molecule is CCC(CC)C(=O)/C=C(\O)C(CC)CC.Cc1cnc2c(c1)C(C)(C)c1ccc(C(C)(C)C)c3oc4c(C(C)(C)C)c[c-]c-2c4c13.[Ir].